The molecule has 0 aliphatic carbocycles. The second-order valence-electron chi connectivity index (χ2n) is 5.84. The summed E-state index contributed by atoms with van der Waals surface area (Å²) in [5.74, 6) is -1.96. The maximum absolute atomic E-state index is 11.5. The van der Waals surface area contributed by atoms with Crippen LogP contribution in [0.25, 0.3) is 0 Å². The number of amides is 1. The summed E-state index contributed by atoms with van der Waals surface area (Å²) < 4.78 is 9.86. The van der Waals surface area contributed by atoms with E-state index >= 15 is 0 Å². The van der Waals surface area contributed by atoms with E-state index in [1.165, 1.54) is 0 Å². The molecule has 0 fully saturated rings. The normalized spacial score (nSPS) is 11.5. The molecule has 7 nitrogen and oxygen atoms in total. The average molecular weight is 339 g/mol. The highest BCUT2D eigenvalue weighted by Crippen LogP contribution is 2.03. The monoisotopic (exact) mass is 339 g/mol. The van der Waals surface area contributed by atoms with E-state index in [2.05, 4.69) is 5.32 Å². The lowest BCUT2D eigenvalue weighted by Gasteiger charge is -2.14. The Morgan fingerprint density at radius 2 is 1.79 bits per heavy atom. The number of hydrogen-bond acceptors (Lipinski definition) is 5. The number of carbonyl (C=O) groups is 3. The molecule has 134 valence electrons. The fourth-order valence-electron chi connectivity index (χ4n) is 1.30. The first-order valence-electron chi connectivity index (χ1n) is 7.36. The molecule has 0 bridgehead atoms. The molecule has 1 rings (SSSR count). The van der Waals surface area contributed by atoms with Crippen LogP contribution in [0.2, 0.25) is 0 Å². The highest BCUT2D eigenvalue weighted by Gasteiger charge is 2.22. The van der Waals surface area contributed by atoms with Crippen LogP contribution in [-0.4, -0.2) is 42.2 Å². The van der Waals surface area contributed by atoms with E-state index in [0.717, 1.165) is 5.56 Å². The third-order valence-electron chi connectivity index (χ3n) is 2.77. The lowest BCUT2D eigenvalue weighted by Crippen LogP contribution is -2.39. The van der Waals surface area contributed by atoms with Gasteiger partial charge in [-0.25, -0.2) is 4.79 Å². The number of rotatable bonds is 7. The maximum Gasteiger partial charge on any atom is 0.329 e. The number of carboxylic acids is 1. The van der Waals surface area contributed by atoms with E-state index in [4.69, 9.17) is 14.6 Å². The molecule has 24 heavy (non-hydrogen) atoms. The van der Waals surface area contributed by atoms with Gasteiger partial charge in [-0.05, 0) is 26.3 Å². The molecule has 1 unspecified atom stereocenters. The van der Waals surface area contributed by atoms with Gasteiger partial charge >= 0.3 is 11.9 Å². The molecule has 0 aliphatic heterocycles. The molecule has 1 atom stereocenters. The minimum Gasteiger partial charge on any atom is -0.481 e. The Balaban J connectivity index is 0.000000754. The fraction of sp³-hybridized carbons (Fsp3) is 0.471. The Labute approximate surface area is 142 Å². The van der Waals surface area contributed by atoms with E-state index in [1.54, 1.807) is 31.4 Å². The minimum absolute atomic E-state index is 0.0380. The Kier molecular flexibility index (Phi) is 10.1. The number of aliphatic carboxylic acids is 1. The van der Waals surface area contributed by atoms with E-state index in [-0.39, 0.29) is 18.6 Å². The lowest BCUT2D eigenvalue weighted by molar-refractivity contribution is -0.152. The summed E-state index contributed by atoms with van der Waals surface area (Å²) >= 11 is 0. The first kappa shape index (κ1) is 21.6. The number of esters is 1. The zero-order valence-electron chi connectivity index (χ0n) is 14.4. The van der Waals surface area contributed by atoms with Gasteiger partial charge in [-0.3, -0.25) is 9.59 Å². The van der Waals surface area contributed by atoms with Gasteiger partial charge in [-0.2, -0.15) is 0 Å². The average Bonchev–Trinajstić information content (AvgIpc) is 2.52. The van der Waals surface area contributed by atoms with Crippen molar-refractivity contribution < 1.29 is 29.0 Å². The molecule has 0 saturated heterocycles. The van der Waals surface area contributed by atoms with Crippen molar-refractivity contribution in [3.63, 3.8) is 0 Å². The molecule has 1 amide bonds. The third-order valence-corrected chi connectivity index (χ3v) is 2.77. The van der Waals surface area contributed by atoms with Crippen LogP contribution < -0.4 is 5.32 Å². The number of methoxy groups -OCH3 is 1. The van der Waals surface area contributed by atoms with Crippen LogP contribution in [0.1, 0.15) is 32.8 Å². The summed E-state index contributed by atoms with van der Waals surface area (Å²) in [6.45, 7) is 6.10. The summed E-state index contributed by atoms with van der Waals surface area (Å²) in [6.07, 6.45) is -0.232. The van der Waals surface area contributed by atoms with Gasteiger partial charge in [0.05, 0.1) is 12.0 Å². The van der Waals surface area contributed by atoms with E-state index in [0.29, 0.717) is 0 Å². The topological polar surface area (TPSA) is 102 Å². The molecule has 0 spiro atoms. The van der Waals surface area contributed by atoms with Crippen molar-refractivity contribution in [3.8, 4) is 0 Å². The van der Waals surface area contributed by atoms with Crippen LogP contribution in [0.15, 0.2) is 30.3 Å². The van der Waals surface area contributed by atoms with Crippen LogP contribution in [0.5, 0.6) is 0 Å². The molecule has 1 aromatic carbocycles. The fourth-order valence-corrected chi connectivity index (χ4v) is 1.30. The van der Waals surface area contributed by atoms with Crippen molar-refractivity contribution in [1.82, 2.24) is 5.32 Å². The first-order valence-corrected chi connectivity index (χ1v) is 7.36. The second-order valence-corrected chi connectivity index (χ2v) is 5.84. The quantitative estimate of drug-likeness (QED) is 0.580. The van der Waals surface area contributed by atoms with Crippen molar-refractivity contribution in [1.29, 1.82) is 0 Å². The van der Waals surface area contributed by atoms with Crippen LogP contribution in [0.3, 0.4) is 0 Å². The molecule has 0 radical (unpaired) electrons. The SMILES string of the molecule is COC(C)(C)C.O=CNC(CC(=O)O)C(=O)OCc1ccccc1. The zero-order valence-corrected chi connectivity index (χ0v) is 14.4. The number of hydrogen-bond donors (Lipinski definition) is 2. The van der Waals surface area contributed by atoms with Gasteiger partial charge in [0.25, 0.3) is 0 Å². The predicted molar refractivity (Wildman–Crippen MR) is 88.2 cm³/mol. The second kappa shape index (κ2) is 11.2. The molecule has 0 aromatic heterocycles. The van der Waals surface area contributed by atoms with Crippen molar-refractivity contribution in [3.05, 3.63) is 35.9 Å². The minimum atomic E-state index is -1.19. The Bertz CT molecular complexity index is 510. The Morgan fingerprint density at radius 3 is 2.21 bits per heavy atom. The van der Waals surface area contributed by atoms with Crippen molar-refractivity contribution in [2.24, 2.45) is 0 Å². The third kappa shape index (κ3) is 11.2. The molecule has 7 heteroatoms. The highest BCUT2D eigenvalue weighted by molar-refractivity contribution is 5.83. The van der Waals surface area contributed by atoms with Crippen LogP contribution >= 0.6 is 0 Å². The molecular weight excluding hydrogens is 314 g/mol. The molecule has 0 aliphatic rings. The van der Waals surface area contributed by atoms with Gasteiger partial charge in [0.15, 0.2) is 0 Å². The summed E-state index contributed by atoms with van der Waals surface area (Å²) in [4.78, 5) is 32.3. The predicted octanol–water partition coefficient (Wildman–Crippen LogP) is 1.75. The highest BCUT2D eigenvalue weighted by atomic mass is 16.5. The molecule has 0 heterocycles. The van der Waals surface area contributed by atoms with Crippen molar-refractivity contribution in [2.45, 2.75) is 45.4 Å². The van der Waals surface area contributed by atoms with Gasteiger partial charge in [0.2, 0.25) is 6.41 Å². The van der Waals surface area contributed by atoms with E-state index in [9.17, 15) is 14.4 Å². The standard InChI is InChI=1S/C12H13NO5.C5H12O/c14-8-13-10(6-11(15)16)12(17)18-7-9-4-2-1-3-5-9;1-5(2,3)6-4/h1-5,8,10H,6-7H2,(H,13,14)(H,15,16);1-4H3. The van der Waals surface area contributed by atoms with Gasteiger partial charge in [-0.15, -0.1) is 0 Å². The van der Waals surface area contributed by atoms with Crippen LogP contribution in [-0.2, 0) is 30.5 Å². The van der Waals surface area contributed by atoms with Crippen LogP contribution in [0, 0.1) is 0 Å². The lowest BCUT2D eigenvalue weighted by atomic mass is 10.2. The molecule has 1 aromatic rings. The van der Waals surface area contributed by atoms with Gasteiger partial charge in [-0.1, -0.05) is 30.3 Å². The number of ether oxygens (including phenoxy) is 2. The number of carboxylic acid groups (broad SMARTS) is 1. The molecule has 0 saturated carbocycles. The summed E-state index contributed by atoms with van der Waals surface area (Å²) in [6, 6.07) is 7.79. The Morgan fingerprint density at radius 1 is 1.25 bits per heavy atom. The smallest absolute Gasteiger partial charge is 0.329 e. The first-order chi connectivity index (χ1) is 11.2. The maximum atomic E-state index is 11.5. The molecular formula is C17H25NO6. The molecule has 2 N–H and O–H groups in total. The van der Waals surface area contributed by atoms with Crippen LogP contribution in [0.4, 0.5) is 0 Å². The number of benzene rings is 1. The zero-order chi connectivity index (χ0) is 18.6. The van der Waals surface area contributed by atoms with Crippen molar-refractivity contribution in [2.75, 3.05) is 7.11 Å². The van der Waals surface area contributed by atoms with Gasteiger partial charge in [0, 0.05) is 7.11 Å². The largest absolute Gasteiger partial charge is 0.481 e. The Hall–Kier alpha value is -2.41. The summed E-state index contributed by atoms with van der Waals surface area (Å²) in [5, 5.41) is 10.7. The number of carbonyl (C=O) groups excluding carboxylic acids is 2. The van der Waals surface area contributed by atoms with E-state index < -0.39 is 24.4 Å². The van der Waals surface area contributed by atoms with Crippen molar-refractivity contribution >= 4 is 18.3 Å². The van der Waals surface area contributed by atoms with E-state index in [1.807, 2.05) is 26.8 Å². The number of nitrogens with one attached hydrogen (secondary N) is 1. The van der Waals surface area contributed by atoms with Gasteiger partial charge in [0.1, 0.15) is 12.6 Å². The van der Waals surface area contributed by atoms with Gasteiger partial charge < -0.3 is 19.9 Å². The summed E-state index contributed by atoms with van der Waals surface area (Å²) in [7, 11) is 1.71. The summed E-state index contributed by atoms with van der Waals surface area (Å²) in [5.41, 5.74) is 0.825.